The van der Waals surface area contributed by atoms with Crippen molar-refractivity contribution < 1.29 is 31.1 Å². The first kappa shape index (κ1) is 27.4. The van der Waals surface area contributed by atoms with Crippen molar-refractivity contribution in [3.05, 3.63) is 114 Å². The summed E-state index contributed by atoms with van der Waals surface area (Å²) in [4.78, 5) is 3.78. The molecule has 5 rings (SSSR count). The average molecular weight is 557 g/mol. The molecular formula is C31H26F6N2O. The molecule has 0 fully saturated rings. The molecule has 208 valence electrons. The SMILES string of the molecule is FC(F)(F)CCN1c2ccccc2N(Cc2cccc(OC(F)(F)F)c2)CC1c1cccc(-c2ccccc2)c1. The molecule has 4 aromatic carbocycles. The Morgan fingerprint density at radius 3 is 2.10 bits per heavy atom. The Bertz CT molecular complexity index is 1440. The Kier molecular flexibility index (Phi) is 7.65. The van der Waals surface area contributed by atoms with Gasteiger partial charge in [-0.1, -0.05) is 72.8 Å². The van der Waals surface area contributed by atoms with Crippen molar-refractivity contribution in [2.45, 2.75) is 31.5 Å². The Morgan fingerprint density at radius 2 is 1.38 bits per heavy atom. The topological polar surface area (TPSA) is 15.7 Å². The van der Waals surface area contributed by atoms with E-state index in [-0.39, 0.29) is 18.8 Å². The molecule has 0 N–H and O–H groups in total. The van der Waals surface area contributed by atoms with E-state index in [1.54, 1.807) is 29.2 Å². The zero-order valence-electron chi connectivity index (χ0n) is 21.3. The Hall–Kier alpha value is -4.14. The maximum Gasteiger partial charge on any atom is 0.573 e. The number of fused-ring (bicyclic) bond motifs is 1. The molecular weight excluding hydrogens is 530 g/mol. The number of hydrogen-bond donors (Lipinski definition) is 0. The Balaban J connectivity index is 1.53. The highest BCUT2D eigenvalue weighted by atomic mass is 19.4. The van der Waals surface area contributed by atoms with Gasteiger partial charge >= 0.3 is 12.5 Å². The van der Waals surface area contributed by atoms with Crippen molar-refractivity contribution in [3.63, 3.8) is 0 Å². The number of anilines is 2. The third-order valence-corrected chi connectivity index (χ3v) is 6.82. The van der Waals surface area contributed by atoms with Crippen LogP contribution >= 0.6 is 0 Å². The molecule has 0 aliphatic carbocycles. The number of alkyl halides is 6. The van der Waals surface area contributed by atoms with Gasteiger partial charge in [-0.15, -0.1) is 13.2 Å². The second-order valence-corrected chi connectivity index (χ2v) is 9.63. The summed E-state index contributed by atoms with van der Waals surface area (Å²) in [5.74, 6) is -0.325. The minimum atomic E-state index is -4.82. The van der Waals surface area contributed by atoms with Crippen molar-refractivity contribution in [1.82, 2.24) is 0 Å². The minimum Gasteiger partial charge on any atom is -0.406 e. The van der Waals surface area contributed by atoms with Crippen LogP contribution in [0.25, 0.3) is 11.1 Å². The summed E-state index contributed by atoms with van der Waals surface area (Å²) in [5.41, 5.74) is 4.70. The second-order valence-electron chi connectivity index (χ2n) is 9.63. The van der Waals surface area contributed by atoms with E-state index in [2.05, 4.69) is 4.74 Å². The smallest absolute Gasteiger partial charge is 0.406 e. The Morgan fingerprint density at radius 1 is 0.700 bits per heavy atom. The Labute approximate surface area is 228 Å². The van der Waals surface area contributed by atoms with E-state index in [1.165, 1.54) is 18.2 Å². The monoisotopic (exact) mass is 556 g/mol. The van der Waals surface area contributed by atoms with Gasteiger partial charge in [0.15, 0.2) is 0 Å². The van der Waals surface area contributed by atoms with Gasteiger partial charge in [0, 0.05) is 19.6 Å². The van der Waals surface area contributed by atoms with Gasteiger partial charge in [0.25, 0.3) is 0 Å². The molecule has 0 spiro atoms. The van der Waals surface area contributed by atoms with Gasteiger partial charge in [-0.25, -0.2) is 0 Å². The quantitative estimate of drug-likeness (QED) is 0.212. The summed E-state index contributed by atoms with van der Waals surface area (Å²) in [6.45, 7) is 0.342. The number of nitrogens with zero attached hydrogens (tertiary/aromatic N) is 2. The van der Waals surface area contributed by atoms with Gasteiger partial charge in [0.05, 0.1) is 23.8 Å². The first-order valence-electron chi connectivity index (χ1n) is 12.7. The van der Waals surface area contributed by atoms with Gasteiger partial charge in [0.2, 0.25) is 0 Å². The number of rotatable bonds is 7. The van der Waals surface area contributed by atoms with Gasteiger partial charge < -0.3 is 14.5 Å². The van der Waals surface area contributed by atoms with Crippen molar-refractivity contribution >= 4 is 11.4 Å². The predicted molar refractivity (Wildman–Crippen MR) is 143 cm³/mol. The summed E-state index contributed by atoms with van der Waals surface area (Å²) in [5, 5.41) is 0. The highest BCUT2D eigenvalue weighted by Gasteiger charge is 2.36. The third-order valence-electron chi connectivity index (χ3n) is 6.82. The molecule has 0 aromatic heterocycles. The van der Waals surface area contributed by atoms with Gasteiger partial charge in [-0.3, -0.25) is 0 Å². The van der Waals surface area contributed by atoms with Crippen LogP contribution in [0.4, 0.5) is 37.7 Å². The van der Waals surface area contributed by atoms with E-state index in [1.807, 2.05) is 65.6 Å². The maximum atomic E-state index is 13.4. The van der Waals surface area contributed by atoms with E-state index in [0.29, 0.717) is 23.5 Å². The highest BCUT2D eigenvalue weighted by molar-refractivity contribution is 5.75. The minimum absolute atomic E-state index is 0.233. The molecule has 0 bridgehead atoms. The standard InChI is InChI=1S/C31H26F6N2O/c32-30(33,34)16-17-39-28-15-5-4-14-27(28)38(20-22-8-6-13-26(18-22)40-31(35,36)37)21-29(39)25-12-7-11-24(19-25)23-9-2-1-3-10-23/h1-15,18-19,29H,16-17,20-21H2. The van der Waals surface area contributed by atoms with Crippen LogP contribution in [0.2, 0.25) is 0 Å². The van der Waals surface area contributed by atoms with E-state index in [4.69, 9.17) is 0 Å². The average Bonchev–Trinajstić information content (AvgIpc) is 2.91. The number of ether oxygens (including phenoxy) is 1. The largest absolute Gasteiger partial charge is 0.573 e. The van der Waals surface area contributed by atoms with Crippen molar-refractivity contribution in [2.75, 3.05) is 22.9 Å². The lowest BCUT2D eigenvalue weighted by Gasteiger charge is -2.45. The van der Waals surface area contributed by atoms with E-state index in [9.17, 15) is 26.3 Å². The number of benzene rings is 4. The predicted octanol–water partition coefficient (Wildman–Crippen LogP) is 8.77. The molecule has 0 amide bonds. The van der Waals surface area contributed by atoms with Gasteiger partial charge in [-0.05, 0) is 52.6 Å². The normalized spacial score (nSPS) is 15.6. The van der Waals surface area contributed by atoms with Crippen LogP contribution in [0.1, 0.15) is 23.6 Å². The zero-order chi connectivity index (χ0) is 28.3. The summed E-state index contributed by atoms with van der Waals surface area (Å²) in [6.07, 6.45) is -10.1. The molecule has 4 aromatic rings. The lowest BCUT2D eigenvalue weighted by Crippen LogP contribution is -2.44. The maximum absolute atomic E-state index is 13.4. The van der Waals surface area contributed by atoms with E-state index >= 15 is 0 Å². The fourth-order valence-electron chi connectivity index (χ4n) is 5.12. The van der Waals surface area contributed by atoms with Crippen LogP contribution in [0.3, 0.4) is 0 Å². The fourth-order valence-corrected chi connectivity index (χ4v) is 5.12. The highest BCUT2D eigenvalue weighted by Crippen LogP contribution is 2.43. The van der Waals surface area contributed by atoms with Crippen LogP contribution in [0.15, 0.2) is 103 Å². The lowest BCUT2D eigenvalue weighted by molar-refractivity contribution is -0.274. The molecule has 1 aliphatic rings. The van der Waals surface area contributed by atoms with Gasteiger partial charge in [0.1, 0.15) is 5.75 Å². The van der Waals surface area contributed by atoms with Crippen LogP contribution < -0.4 is 14.5 Å². The first-order chi connectivity index (χ1) is 19.1. The van der Waals surface area contributed by atoms with Crippen molar-refractivity contribution in [2.24, 2.45) is 0 Å². The molecule has 1 atom stereocenters. The molecule has 1 heterocycles. The van der Waals surface area contributed by atoms with Crippen LogP contribution in [0.5, 0.6) is 5.75 Å². The molecule has 0 radical (unpaired) electrons. The molecule has 3 nitrogen and oxygen atoms in total. The van der Waals surface area contributed by atoms with E-state index < -0.39 is 25.0 Å². The molecule has 9 heteroatoms. The first-order valence-corrected chi connectivity index (χ1v) is 12.7. The number of hydrogen-bond acceptors (Lipinski definition) is 3. The second kappa shape index (κ2) is 11.2. The third kappa shape index (κ3) is 6.70. The van der Waals surface area contributed by atoms with Crippen LogP contribution in [-0.2, 0) is 6.54 Å². The lowest BCUT2D eigenvalue weighted by atomic mass is 9.95. The van der Waals surface area contributed by atoms with E-state index in [0.717, 1.165) is 16.7 Å². The molecule has 0 saturated heterocycles. The number of para-hydroxylation sites is 2. The molecule has 1 unspecified atom stereocenters. The fraction of sp³-hybridized carbons (Fsp3) is 0.226. The van der Waals surface area contributed by atoms with Gasteiger partial charge in [-0.2, -0.15) is 13.2 Å². The van der Waals surface area contributed by atoms with Crippen LogP contribution in [-0.4, -0.2) is 25.6 Å². The van der Waals surface area contributed by atoms with Crippen LogP contribution in [0, 0.1) is 0 Å². The summed E-state index contributed by atoms with van der Waals surface area (Å²) in [7, 11) is 0. The molecule has 0 saturated carbocycles. The summed E-state index contributed by atoms with van der Waals surface area (Å²) >= 11 is 0. The summed E-state index contributed by atoms with van der Waals surface area (Å²) in [6, 6.07) is 30.0. The molecule has 40 heavy (non-hydrogen) atoms. The van der Waals surface area contributed by atoms with Crippen molar-refractivity contribution in [3.8, 4) is 16.9 Å². The summed E-state index contributed by atoms with van der Waals surface area (Å²) < 4.78 is 82.7. The van der Waals surface area contributed by atoms with Crippen molar-refractivity contribution in [1.29, 1.82) is 0 Å². The molecule has 1 aliphatic heterocycles. The zero-order valence-corrected chi connectivity index (χ0v) is 21.3. The number of halogens is 6.